The van der Waals surface area contributed by atoms with Crippen molar-refractivity contribution in [3.8, 4) is 0 Å². The van der Waals surface area contributed by atoms with Crippen LogP contribution in [-0.4, -0.2) is 39.4 Å². The lowest BCUT2D eigenvalue weighted by atomic mass is 10.0. The van der Waals surface area contributed by atoms with Crippen LogP contribution in [0.3, 0.4) is 0 Å². The number of rotatable bonds is 6. The maximum Gasteiger partial charge on any atom is 0.226 e. The van der Waals surface area contributed by atoms with Gasteiger partial charge in [0.2, 0.25) is 11.8 Å². The summed E-state index contributed by atoms with van der Waals surface area (Å²) in [6, 6.07) is 9.45. The fourth-order valence-corrected chi connectivity index (χ4v) is 3.42. The molecule has 2 atom stereocenters. The summed E-state index contributed by atoms with van der Waals surface area (Å²) in [7, 11) is 1.91. The smallest absolute Gasteiger partial charge is 0.226 e. The highest BCUT2D eigenvalue weighted by molar-refractivity contribution is 5.89. The van der Waals surface area contributed by atoms with Crippen molar-refractivity contribution in [1.82, 2.24) is 19.8 Å². The van der Waals surface area contributed by atoms with E-state index in [0.29, 0.717) is 19.0 Å². The molecule has 0 spiro atoms. The molecule has 2 heterocycles. The summed E-state index contributed by atoms with van der Waals surface area (Å²) in [5.41, 5.74) is 0.971. The predicted molar refractivity (Wildman–Crippen MR) is 99.2 cm³/mol. The molecule has 1 fully saturated rings. The van der Waals surface area contributed by atoms with Gasteiger partial charge in [0.25, 0.3) is 0 Å². The van der Waals surface area contributed by atoms with E-state index in [1.54, 1.807) is 11.1 Å². The highest BCUT2D eigenvalue weighted by atomic mass is 16.2. The molecule has 1 aliphatic rings. The third-order valence-corrected chi connectivity index (χ3v) is 4.71. The number of amides is 2. The minimum absolute atomic E-state index is 0.0621. The Kier molecular flexibility index (Phi) is 5.40. The molecule has 2 unspecified atom stereocenters. The molecule has 2 aromatic rings. The number of aromatic nitrogens is 2. The Balaban J connectivity index is 1.77. The number of benzene rings is 1. The van der Waals surface area contributed by atoms with Crippen molar-refractivity contribution in [3.63, 3.8) is 0 Å². The minimum Gasteiger partial charge on any atom is -0.342 e. The normalized spacial score (nSPS) is 18.4. The van der Waals surface area contributed by atoms with Gasteiger partial charge in [-0.3, -0.25) is 9.59 Å². The molecule has 0 radical (unpaired) electrons. The van der Waals surface area contributed by atoms with Gasteiger partial charge in [0.05, 0.1) is 5.92 Å². The summed E-state index contributed by atoms with van der Waals surface area (Å²) in [6.45, 7) is 5.34. The molecule has 1 saturated heterocycles. The third kappa shape index (κ3) is 3.95. The summed E-state index contributed by atoms with van der Waals surface area (Å²) >= 11 is 0. The lowest BCUT2D eigenvalue weighted by molar-refractivity contribution is -0.129. The third-order valence-electron chi connectivity index (χ3n) is 4.71. The van der Waals surface area contributed by atoms with Crippen LogP contribution >= 0.6 is 0 Å². The Morgan fingerprint density at radius 1 is 1.31 bits per heavy atom. The standard InChI is InChI=1S/C20H26N4O2/c1-14(2)12-24-13-16(11-17(24)25)20(26)22-18(15-7-5-4-6-8-15)19-21-9-10-23(19)3/h4-10,14,16,18H,11-13H2,1-3H3,(H,22,26). The van der Waals surface area contributed by atoms with E-state index in [4.69, 9.17) is 0 Å². The Morgan fingerprint density at radius 3 is 2.65 bits per heavy atom. The van der Waals surface area contributed by atoms with Gasteiger partial charge in [-0.05, 0) is 11.5 Å². The van der Waals surface area contributed by atoms with E-state index in [2.05, 4.69) is 24.1 Å². The van der Waals surface area contributed by atoms with E-state index in [-0.39, 0.29) is 30.2 Å². The number of carbonyl (C=O) groups excluding carboxylic acids is 2. The number of imidazole rings is 1. The molecule has 0 saturated carbocycles. The summed E-state index contributed by atoms with van der Waals surface area (Å²) in [5, 5.41) is 3.11. The van der Waals surface area contributed by atoms with Crippen molar-refractivity contribution in [2.45, 2.75) is 26.3 Å². The number of hydrogen-bond donors (Lipinski definition) is 1. The van der Waals surface area contributed by atoms with E-state index in [9.17, 15) is 9.59 Å². The average molecular weight is 354 g/mol. The second-order valence-corrected chi connectivity index (χ2v) is 7.34. The second kappa shape index (κ2) is 7.72. The lowest BCUT2D eigenvalue weighted by Crippen LogP contribution is -2.37. The highest BCUT2D eigenvalue weighted by Gasteiger charge is 2.35. The second-order valence-electron chi connectivity index (χ2n) is 7.34. The monoisotopic (exact) mass is 354 g/mol. The Morgan fingerprint density at radius 2 is 2.04 bits per heavy atom. The fourth-order valence-electron chi connectivity index (χ4n) is 3.42. The first-order chi connectivity index (χ1) is 12.5. The minimum atomic E-state index is -0.335. The highest BCUT2D eigenvalue weighted by Crippen LogP contribution is 2.24. The van der Waals surface area contributed by atoms with Gasteiger partial charge in [0.1, 0.15) is 11.9 Å². The Bertz CT molecular complexity index is 769. The quantitative estimate of drug-likeness (QED) is 0.864. The van der Waals surface area contributed by atoms with Gasteiger partial charge in [-0.2, -0.15) is 0 Å². The van der Waals surface area contributed by atoms with Gasteiger partial charge in [-0.25, -0.2) is 4.98 Å². The molecular weight excluding hydrogens is 328 g/mol. The van der Waals surface area contributed by atoms with Crippen LogP contribution in [-0.2, 0) is 16.6 Å². The van der Waals surface area contributed by atoms with Crippen LogP contribution in [0.15, 0.2) is 42.7 Å². The molecule has 3 rings (SSSR count). The number of likely N-dealkylation sites (tertiary alicyclic amines) is 1. The first-order valence-corrected chi connectivity index (χ1v) is 9.06. The number of carbonyl (C=O) groups is 2. The molecule has 2 amide bonds. The number of hydrogen-bond acceptors (Lipinski definition) is 3. The topological polar surface area (TPSA) is 67.2 Å². The first-order valence-electron chi connectivity index (χ1n) is 9.06. The maximum absolute atomic E-state index is 12.9. The number of aryl methyl sites for hydroxylation is 1. The molecule has 26 heavy (non-hydrogen) atoms. The van der Waals surface area contributed by atoms with Crippen LogP contribution in [0.25, 0.3) is 0 Å². The van der Waals surface area contributed by atoms with Gasteiger partial charge in [-0.15, -0.1) is 0 Å². The van der Waals surface area contributed by atoms with E-state index < -0.39 is 0 Å². The predicted octanol–water partition coefficient (Wildman–Crippen LogP) is 2.13. The molecule has 0 bridgehead atoms. The molecule has 6 heteroatoms. The molecule has 6 nitrogen and oxygen atoms in total. The molecular formula is C20H26N4O2. The van der Waals surface area contributed by atoms with Gasteiger partial charge in [0.15, 0.2) is 0 Å². The van der Waals surface area contributed by atoms with Crippen LogP contribution in [0.2, 0.25) is 0 Å². The van der Waals surface area contributed by atoms with Crippen molar-refractivity contribution in [1.29, 1.82) is 0 Å². The van der Waals surface area contributed by atoms with Crippen LogP contribution in [0.4, 0.5) is 0 Å². The van der Waals surface area contributed by atoms with Crippen molar-refractivity contribution >= 4 is 11.8 Å². The van der Waals surface area contributed by atoms with E-state index in [0.717, 1.165) is 11.4 Å². The number of nitrogens with zero attached hydrogens (tertiary/aromatic N) is 3. The molecule has 1 aromatic heterocycles. The zero-order valence-corrected chi connectivity index (χ0v) is 15.6. The summed E-state index contributed by atoms with van der Waals surface area (Å²) in [5.74, 6) is 0.819. The first kappa shape index (κ1) is 18.2. The summed E-state index contributed by atoms with van der Waals surface area (Å²) in [6.07, 6.45) is 3.86. The van der Waals surface area contributed by atoms with Crippen molar-refractivity contribution in [2.24, 2.45) is 18.9 Å². The average Bonchev–Trinajstić information content (AvgIpc) is 3.19. The van der Waals surface area contributed by atoms with Gasteiger partial charge in [0, 0.05) is 39.0 Å². The van der Waals surface area contributed by atoms with Crippen molar-refractivity contribution in [3.05, 3.63) is 54.1 Å². The van der Waals surface area contributed by atoms with Crippen LogP contribution < -0.4 is 5.32 Å². The summed E-state index contributed by atoms with van der Waals surface area (Å²) < 4.78 is 1.91. The van der Waals surface area contributed by atoms with E-state index in [1.165, 1.54) is 0 Å². The van der Waals surface area contributed by atoms with Gasteiger partial charge >= 0.3 is 0 Å². The molecule has 1 aliphatic heterocycles. The SMILES string of the molecule is CC(C)CN1CC(C(=O)NC(c2ccccc2)c2nccn2C)CC1=O. The van der Waals surface area contributed by atoms with Crippen LogP contribution in [0.5, 0.6) is 0 Å². The van der Waals surface area contributed by atoms with Crippen molar-refractivity contribution in [2.75, 3.05) is 13.1 Å². The molecule has 138 valence electrons. The zero-order chi connectivity index (χ0) is 18.7. The van der Waals surface area contributed by atoms with E-state index in [1.807, 2.05) is 48.1 Å². The molecule has 1 N–H and O–H groups in total. The lowest BCUT2D eigenvalue weighted by Gasteiger charge is -2.22. The van der Waals surface area contributed by atoms with Crippen LogP contribution in [0.1, 0.15) is 37.7 Å². The zero-order valence-electron chi connectivity index (χ0n) is 15.6. The van der Waals surface area contributed by atoms with Gasteiger partial charge in [-0.1, -0.05) is 44.2 Å². The van der Waals surface area contributed by atoms with Crippen LogP contribution in [0, 0.1) is 11.8 Å². The van der Waals surface area contributed by atoms with Gasteiger partial charge < -0.3 is 14.8 Å². The molecule has 1 aromatic carbocycles. The molecule has 0 aliphatic carbocycles. The van der Waals surface area contributed by atoms with Crippen molar-refractivity contribution < 1.29 is 9.59 Å². The Labute approximate surface area is 154 Å². The Hall–Kier alpha value is -2.63. The van der Waals surface area contributed by atoms with E-state index >= 15 is 0 Å². The maximum atomic E-state index is 12.9. The largest absolute Gasteiger partial charge is 0.342 e. The number of nitrogens with one attached hydrogen (secondary N) is 1. The summed E-state index contributed by atoms with van der Waals surface area (Å²) in [4.78, 5) is 31.3. The fraction of sp³-hybridized carbons (Fsp3) is 0.450.